The Kier molecular flexibility index (Phi) is 3.38. The summed E-state index contributed by atoms with van der Waals surface area (Å²) in [4.78, 5) is 1.18. The second-order valence-corrected chi connectivity index (χ2v) is 5.48. The Balaban J connectivity index is 2.40. The predicted octanol–water partition coefficient (Wildman–Crippen LogP) is 3.92. The number of furan rings is 1. The molecule has 2 aromatic heterocycles. The maximum absolute atomic E-state index is 6.09. The van der Waals surface area contributed by atoms with E-state index < -0.39 is 0 Å². The Labute approximate surface area is 104 Å². The molecule has 2 heterocycles. The van der Waals surface area contributed by atoms with Crippen LogP contribution in [0.25, 0.3) is 0 Å². The first kappa shape index (κ1) is 11.7. The van der Waals surface area contributed by atoms with Crippen molar-refractivity contribution in [2.45, 2.75) is 19.9 Å². The van der Waals surface area contributed by atoms with Gasteiger partial charge in [0.15, 0.2) is 0 Å². The first-order valence-corrected chi connectivity index (χ1v) is 6.30. The molecule has 1 N–H and O–H groups in total. The standard InChI is InChI=1S/C12H14ClNOS/c1-7-4-5-15-11(7)10(14-3)9-6-8(2)12(13)16-9/h4-6,10,14H,1-3H3. The zero-order chi connectivity index (χ0) is 11.7. The summed E-state index contributed by atoms with van der Waals surface area (Å²) >= 11 is 7.69. The Morgan fingerprint density at radius 3 is 2.56 bits per heavy atom. The number of aryl methyl sites for hydroxylation is 2. The van der Waals surface area contributed by atoms with Gasteiger partial charge in [0.2, 0.25) is 0 Å². The number of nitrogens with one attached hydrogen (secondary N) is 1. The second kappa shape index (κ2) is 4.62. The van der Waals surface area contributed by atoms with E-state index >= 15 is 0 Å². The molecule has 0 fully saturated rings. The summed E-state index contributed by atoms with van der Waals surface area (Å²) in [6.07, 6.45) is 1.72. The van der Waals surface area contributed by atoms with Crippen LogP contribution in [-0.2, 0) is 0 Å². The molecule has 0 aromatic carbocycles. The summed E-state index contributed by atoms with van der Waals surface area (Å²) < 4.78 is 6.37. The largest absolute Gasteiger partial charge is 0.467 e. The Bertz CT molecular complexity index is 469. The van der Waals surface area contributed by atoms with Gasteiger partial charge < -0.3 is 9.73 Å². The SMILES string of the molecule is CNC(c1cc(C)c(Cl)s1)c1occc1C. The minimum Gasteiger partial charge on any atom is -0.467 e. The number of rotatable bonds is 3. The quantitative estimate of drug-likeness (QED) is 0.899. The molecule has 0 spiro atoms. The van der Waals surface area contributed by atoms with Gasteiger partial charge in [0.25, 0.3) is 0 Å². The Morgan fingerprint density at radius 2 is 2.12 bits per heavy atom. The molecule has 86 valence electrons. The third kappa shape index (κ3) is 2.03. The molecule has 0 bridgehead atoms. The lowest BCUT2D eigenvalue weighted by atomic mass is 10.1. The fourth-order valence-corrected chi connectivity index (χ4v) is 3.04. The highest BCUT2D eigenvalue weighted by molar-refractivity contribution is 7.16. The van der Waals surface area contributed by atoms with Gasteiger partial charge in [-0.05, 0) is 44.2 Å². The van der Waals surface area contributed by atoms with Crippen LogP contribution in [0, 0.1) is 13.8 Å². The Hall–Kier alpha value is -0.770. The second-order valence-electron chi connectivity index (χ2n) is 3.80. The molecule has 2 rings (SSSR count). The minimum absolute atomic E-state index is 0.0891. The number of thiophene rings is 1. The van der Waals surface area contributed by atoms with Gasteiger partial charge in [-0.1, -0.05) is 11.6 Å². The number of halogens is 1. The molecule has 4 heteroatoms. The molecular formula is C12H14ClNOS. The van der Waals surface area contributed by atoms with Crippen molar-refractivity contribution in [2.24, 2.45) is 0 Å². The number of hydrogen-bond acceptors (Lipinski definition) is 3. The first-order valence-electron chi connectivity index (χ1n) is 5.10. The van der Waals surface area contributed by atoms with Crippen LogP contribution in [0.15, 0.2) is 22.8 Å². The molecule has 0 aliphatic rings. The van der Waals surface area contributed by atoms with Gasteiger partial charge in [-0.2, -0.15) is 0 Å². The molecule has 0 saturated carbocycles. The zero-order valence-corrected chi connectivity index (χ0v) is 11.1. The summed E-state index contributed by atoms with van der Waals surface area (Å²) in [6.45, 7) is 4.06. The average molecular weight is 256 g/mol. The van der Waals surface area contributed by atoms with E-state index in [1.807, 2.05) is 27.0 Å². The van der Waals surface area contributed by atoms with Gasteiger partial charge >= 0.3 is 0 Å². The van der Waals surface area contributed by atoms with Crippen LogP contribution in [0.2, 0.25) is 4.34 Å². The molecule has 16 heavy (non-hydrogen) atoms. The maximum Gasteiger partial charge on any atom is 0.128 e. The summed E-state index contributed by atoms with van der Waals surface area (Å²) in [5.74, 6) is 0.959. The van der Waals surface area contributed by atoms with E-state index in [1.54, 1.807) is 17.6 Å². The third-order valence-electron chi connectivity index (χ3n) is 2.61. The normalized spacial score (nSPS) is 13.0. The van der Waals surface area contributed by atoms with Crippen LogP contribution < -0.4 is 5.32 Å². The Morgan fingerprint density at radius 1 is 1.38 bits per heavy atom. The number of hydrogen-bond donors (Lipinski definition) is 1. The highest BCUT2D eigenvalue weighted by Crippen LogP contribution is 2.35. The van der Waals surface area contributed by atoms with Crippen molar-refractivity contribution in [3.63, 3.8) is 0 Å². The van der Waals surface area contributed by atoms with E-state index in [-0.39, 0.29) is 6.04 Å². The molecule has 1 unspecified atom stereocenters. The molecule has 0 aliphatic carbocycles. The summed E-state index contributed by atoms with van der Waals surface area (Å²) in [5.41, 5.74) is 2.27. The molecule has 1 atom stereocenters. The monoisotopic (exact) mass is 255 g/mol. The third-order valence-corrected chi connectivity index (χ3v) is 4.23. The lowest BCUT2D eigenvalue weighted by molar-refractivity contribution is 0.463. The van der Waals surface area contributed by atoms with Crippen molar-refractivity contribution in [3.8, 4) is 0 Å². The van der Waals surface area contributed by atoms with Crippen molar-refractivity contribution in [3.05, 3.63) is 44.5 Å². The fraction of sp³-hybridized carbons (Fsp3) is 0.333. The minimum atomic E-state index is 0.0891. The van der Waals surface area contributed by atoms with Crippen molar-refractivity contribution in [1.29, 1.82) is 0 Å². The van der Waals surface area contributed by atoms with Crippen LogP contribution in [0.5, 0.6) is 0 Å². The van der Waals surface area contributed by atoms with Crippen molar-refractivity contribution < 1.29 is 4.42 Å². The van der Waals surface area contributed by atoms with Crippen molar-refractivity contribution >= 4 is 22.9 Å². The molecule has 0 amide bonds. The van der Waals surface area contributed by atoms with Crippen LogP contribution in [-0.4, -0.2) is 7.05 Å². The van der Waals surface area contributed by atoms with Gasteiger partial charge in [0.05, 0.1) is 10.6 Å². The lowest BCUT2D eigenvalue weighted by Crippen LogP contribution is -2.16. The van der Waals surface area contributed by atoms with Gasteiger partial charge in [-0.25, -0.2) is 0 Å². The summed E-state index contributed by atoms with van der Waals surface area (Å²) in [6, 6.07) is 4.17. The average Bonchev–Trinajstić information content (AvgIpc) is 2.78. The van der Waals surface area contributed by atoms with E-state index in [4.69, 9.17) is 16.0 Å². The van der Waals surface area contributed by atoms with E-state index in [1.165, 1.54) is 4.88 Å². The first-order chi connectivity index (χ1) is 7.63. The summed E-state index contributed by atoms with van der Waals surface area (Å²) in [5, 5.41) is 3.26. The van der Waals surface area contributed by atoms with Crippen LogP contribution in [0.4, 0.5) is 0 Å². The van der Waals surface area contributed by atoms with Gasteiger partial charge in [0.1, 0.15) is 11.8 Å². The molecular weight excluding hydrogens is 242 g/mol. The van der Waals surface area contributed by atoms with E-state index in [0.29, 0.717) is 0 Å². The van der Waals surface area contributed by atoms with Crippen LogP contribution in [0.1, 0.15) is 27.8 Å². The van der Waals surface area contributed by atoms with E-state index in [0.717, 1.165) is 21.2 Å². The van der Waals surface area contributed by atoms with E-state index in [9.17, 15) is 0 Å². The summed E-state index contributed by atoms with van der Waals surface area (Å²) in [7, 11) is 1.93. The molecule has 0 saturated heterocycles. The predicted molar refractivity (Wildman–Crippen MR) is 68.4 cm³/mol. The highest BCUT2D eigenvalue weighted by Gasteiger charge is 2.20. The lowest BCUT2D eigenvalue weighted by Gasteiger charge is -2.12. The van der Waals surface area contributed by atoms with E-state index in [2.05, 4.69) is 11.4 Å². The zero-order valence-electron chi connectivity index (χ0n) is 9.50. The molecule has 0 aliphatic heterocycles. The topological polar surface area (TPSA) is 25.2 Å². The van der Waals surface area contributed by atoms with Gasteiger partial charge in [-0.15, -0.1) is 11.3 Å². The van der Waals surface area contributed by atoms with Gasteiger partial charge in [0, 0.05) is 4.88 Å². The van der Waals surface area contributed by atoms with Gasteiger partial charge in [-0.3, -0.25) is 0 Å². The highest BCUT2D eigenvalue weighted by atomic mass is 35.5. The molecule has 0 radical (unpaired) electrons. The molecule has 2 aromatic rings. The van der Waals surface area contributed by atoms with Crippen LogP contribution in [0.3, 0.4) is 0 Å². The smallest absolute Gasteiger partial charge is 0.128 e. The maximum atomic E-state index is 6.09. The fourth-order valence-electron chi connectivity index (χ4n) is 1.71. The van der Waals surface area contributed by atoms with Crippen molar-refractivity contribution in [1.82, 2.24) is 5.32 Å². The van der Waals surface area contributed by atoms with Crippen molar-refractivity contribution in [2.75, 3.05) is 7.05 Å². The molecule has 2 nitrogen and oxygen atoms in total. The van der Waals surface area contributed by atoms with Crippen LogP contribution >= 0.6 is 22.9 Å².